The highest BCUT2D eigenvalue weighted by molar-refractivity contribution is 6.07. The minimum Gasteiger partial charge on any atom is -0.459 e. The number of rotatable bonds is 3. The summed E-state index contributed by atoms with van der Waals surface area (Å²) >= 11 is 0. The molecule has 1 atom stereocenters. The highest BCUT2D eigenvalue weighted by Gasteiger charge is 2.24. The third-order valence-electron chi connectivity index (χ3n) is 3.87. The molecule has 1 amide bonds. The summed E-state index contributed by atoms with van der Waals surface area (Å²) in [6.45, 7) is 1.98. The Kier molecular flexibility index (Phi) is 3.92. The molecule has 1 saturated heterocycles. The molecule has 112 valence electrons. The van der Waals surface area contributed by atoms with E-state index in [4.69, 9.17) is 10.3 Å². The first-order valence-corrected chi connectivity index (χ1v) is 7.11. The molecule has 0 saturated carbocycles. The van der Waals surface area contributed by atoms with Gasteiger partial charge in [-0.15, -0.1) is 0 Å². The number of benzene rings is 1. The number of amides is 1. The van der Waals surface area contributed by atoms with Crippen molar-refractivity contribution in [1.82, 2.24) is 10.3 Å². The van der Waals surface area contributed by atoms with Crippen molar-refractivity contribution >= 4 is 16.9 Å². The number of piperidine rings is 1. The van der Waals surface area contributed by atoms with Crippen LogP contribution in [-0.2, 0) is 6.54 Å². The van der Waals surface area contributed by atoms with Crippen LogP contribution in [0.25, 0.3) is 11.0 Å². The maximum atomic E-state index is 12.1. The SMILES string of the molecule is NNC(=O)c1c(CN2CCCC(O)C2)oc2ccccc12. The molecule has 0 radical (unpaired) electrons. The topological polar surface area (TPSA) is 91.7 Å². The summed E-state index contributed by atoms with van der Waals surface area (Å²) in [7, 11) is 0. The van der Waals surface area contributed by atoms with E-state index in [1.165, 1.54) is 0 Å². The molecule has 1 aliphatic rings. The lowest BCUT2D eigenvalue weighted by atomic mass is 10.1. The quantitative estimate of drug-likeness (QED) is 0.445. The fraction of sp³-hybridized carbons (Fsp3) is 0.400. The number of hydrogen-bond acceptors (Lipinski definition) is 5. The molecule has 0 bridgehead atoms. The number of carbonyl (C=O) groups is 1. The first kappa shape index (κ1) is 14.1. The largest absolute Gasteiger partial charge is 0.459 e. The number of nitrogens with two attached hydrogens (primary N) is 1. The van der Waals surface area contributed by atoms with Gasteiger partial charge in [0.1, 0.15) is 11.3 Å². The first-order valence-electron chi connectivity index (χ1n) is 7.11. The number of aliphatic hydroxyl groups excluding tert-OH is 1. The number of hydrazine groups is 1. The van der Waals surface area contributed by atoms with Crippen LogP contribution in [0.5, 0.6) is 0 Å². The van der Waals surface area contributed by atoms with Gasteiger partial charge in [0.25, 0.3) is 5.91 Å². The van der Waals surface area contributed by atoms with Gasteiger partial charge in [-0.25, -0.2) is 5.84 Å². The number of furan rings is 1. The number of likely N-dealkylation sites (tertiary alicyclic amines) is 1. The third-order valence-corrected chi connectivity index (χ3v) is 3.87. The molecule has 1 aliphatic heterocycles. The molecular weight excluding hydrogens is 270 g/mol. The van der Waals surface area contributed by atoms with Crippen molar-refractivity contribution in [2.75, 3.05) is 13.1 Å². The highest BCUT2D eigenvalue weighted by atomic mass is 16.3. The summed E-state index contributed by atoms with van der Waals surface area (Å²) in [5.74, 6) is 5.52. The predicted molar refractivity (Wildman–Crippen MR) is 78.4 cm³/mol. The van der Waals surface area contributed by atoms with Crippen LogP contribution in [0.3, 0.4) is 0 Å². The minimum absolute atomic E-state index is 0.310. The van der Waals surface area contributed by atoms with Crippen molar-refractivity contribution in [2.45, 2.75) is 25.5 Å². The van der Waals surface area contributed by atoms with Gasteiger partial charge in [-0.3, -0.25) is 15.1 Å². The van der Waals surface area contributed by atoms with Gasteiger partial charge >= 0.3 is 0 Å². The van der Waals surface area contributed by atoms with Crippen molar-refractivity contribution in [3.8, 4) is 0 Å². The zero-order valence-electron chi connectivity index (χ0n) is 11.7. The molecule has 0 spiro atoms. The Bertz CT molecular complexity index is 653. The van der Waals surface area contributed by atoms with Gasteiger partial charge in [-0.2, -0.15) is 0 Å². The average molecular weight is 289 g/mol. The zero-order valence-corrected chi connectivity index (χ0v) is 11.7. The van der Waals surface area contributed by atoms with Crippen LogP contribution in [0, 0.1) is 0 Å². The van der Waals surface area contributed by atoms with Gasteiger partial charge in [0, 0.05) is 11.9 Å². The normalized spacial score (nSPS) is 19.8. The van der Waals surface area contributed by atoms with E-state index < -0.39 is 0 Å². The third kappa shape index (κ3) is 2.78. The summed E-state index contributed by atoms with van der Waals surface area (Å²) in [4.78, 5) is 14.1. The first-order chi connectivity index (χ1) is 10.2. The smallest absolute Gasteiger partial charge is 0.269 e. The lowest BCUT2D eigenvalue weighted by Crippen LogP contribution is -2.38. The Morgan fingerprint density at radius 2 is 2.29 bits per heavy atom. The number of carbonyl (C=O) groups excluding carboxylic acids is 1. The van der Waals surface area contributed by atoms with E-state index in [0.717, 1.165) is 24.8 Å². The summed E-state index contributed by atoms with van der Waals surface area (Å²) in [5.41, 5.74) is 3.33. The highest BCUT2D eigenvalue weighted by Crippen LogP contribution is 2.27. The lowest BCUT2D eigenvalue weighted by molar-refractivity contribution is 0.0633. The molecule has 1 aromatic heterocycles. The molecule has 2 heterocycles. The van der Waals surface area contributed by atoms with E-state index in [1.54, 1.807) is 0 Å². The summed E-state index contributed by atoms with van der Waals surface area (Å²) in [5, 5.41) is 10.5. The van der Waals surface area contributed by atoms with E-state index in [1.807, 2.05) is 24.3 Å². The molecule has 1 unspecified atom stereocenters. The molecule has 3 rings (SSSR count). The second kappa shape index (κ2) is 5.85. The Morgan fingerprint density at radius 3 is 3.05 bits per heavy atom. The van der Waals surface area contributed by atoms with Crippen molar-refractivity contribution in [1.29, 1.82) is 0 Å². The van der Waals surface area contributed by atoms with Crippen molar-refractivity contribution in [3.05, 3.63) is 35.6 Å². The maximum Gasteiger partial charge on any atom is 0.269 e. The Labute approximate surface area is 122 Å². The number of nitrogen functional groups attached to an aromatic ring is 1. The van der Waals surface area contributed by atoms with Crippen LogP contribution >= 0.6 is 0 Å². The van der Waals surface area contributed by atoms with Crippen LogP contribution < -0.4 is 11.3 Å². The molecule has 2 aromatic rings. The minimum atomic E-state index is -0.354. The van der Waals surface area contributed by atoms with Crippen LogP contribution in [0.1, 0.15) is 29.0 Å². The molecule has 6 heteroatoms. The second-order valence-electron chi connectivity index (χ2n) is 5.40. The number of hydrogen-bond donors (Lipinski definition) is 3. The van der Waals surface area contributed by atoms with Crippen LogP contribution in [-0.4, -0.2) is 35.1 Å². The predicted octanol–water partition coefficient (Wildman–Crippen LogP) is 0.993. The number of nitrogens with zero attached hydrogens (tertiary/aromatic N) is 1. The molecule has 0 aliphatic carbocycles. The number of β-amino-alcohol motifs (C(OH)–C–C–N with tert-alkyl or cyclic N) is 1. The van der Waals surface area contributed by atoms with Crippen LogP contribution in [0.2, 0.25) is 0 Å². The van der Waals surface area contributed by atoms with Crippen molar-refractivity contribution in [3.63, 3.8) is 0 Å². The summed E-state index contributed by atoms with van der Waals surface area (Å²) < 4.78 is 5.82. The monoisotopic (exact) mass is 289 g/mol. The van der Waals surface area contributed by atoms with Gasteiger partial charge in [0.15, 0.2) is 0 Å². The van der Waals surface area contributed by atoms with E-state index in [-0.39, 0.29) is 12.0 Å². The van der Waals surface area contributed by atoms with Gasteiger partial charge in [0.05, 0.1) is 18.2 Å². The van der Waals surface area contributed by atoms with E-state index in [0.29, 0.717) is 30.0 Å². The average Bonchev–Trinajstić information content (AvgIpc) is 2.84. The number of aliphatic hydroxyl groups is 1. The molecular formula is C15H19N3O3. The molecule has 21 heavy (non-hydrogen) atoms. The molecule has 6 nitrogen and oxygen atoms in total. The molecule has 1 fully saturated rings. The van der Waals surface area contributed by atoms with Crippen molar-refractivity contribution in [2.24, 2.45) is 5.84 Å². The standard InChI is InChI=1S/C15H19N3O3/c16-17-15(20)14-11-5-1-2-6-12(11)21-13(14)9-18-7-3-4-10(19)8-18/h1-2,5-6,10,19H,3-4,7-9,16H2,(H,17,20). The maximum absolute atomic E-state index is 12.1. The summed E-state index contributed by atoms with van der Waals surface area (Å²) in [6.07, 6.45) is 1.46. The zero-order chi connectivity index (χ0) is 14.8. The van der Waals surface area contributed by atoms with Crippen molar-refractivity contribution < 1.29 is 14.3 Å². The van der Waals surface area contributed by atoms with Gasteiger partial charge in [-0.1, -0.05) is 18.2 Å². The van der Waals surface area contributed by atoms with E-state index >= 15 is 0 Å². The number of nitrogens with one attached hydrogen (secondary N) is 1. The van der Waals surface area contributed by atoms with E-state index in [2.05, 4.69) is 10.3 Å². The fourth-order valence-electron chi connectivity index (χ4n) is 2.91. The van der Waals surface area contributed by atoms with Crippen LogP contribution in [0.4, 0.5) is 0 Å². The van der Waals surface area contributed by atoms with Gasteiger partial charge < -0.3 is 9.52 Å². The number of fused-ring (bicyclic) bond motifs is 1. The second-order valence-corrected chi connectivity index (χ2v) is 5.40. The summed E-state index contributed by atoms with van der Waals surface area (Å²) in [6, 6.07) is 7.40. The molecule has 4 N–H and O–H groups in total. The van der Waals surface area contributed by atoms with Gasteiger partial charge in [0.2, 0.25) is 0 Å². The fourth-order valence-corrected chi connectivity index (χ4v) is 2.91. The lowest BCUT2D eigenvalue weighted by Gasteiger charge is -2.29. The van der Waals surface area contributed by atoms with E-state index in [9.17, 15) is 9.90 Å². The van der Waals surface area contributed by atoms with Crippen LogP contribution in [0.15, 0.2) is 28.7 Å². The number of para-hydroxylation sites is 1. The van der Waals surface area contributed by atoms with Gasteiger partial charge in [-0.05, 0) is 25.5 Å². The Morgan fingerprint density at radius 1 is 1.48 bits per heavy atom. The molecule has 1 aromatic carbocycles. The Balaban J connectivity index is 1.95. The Hall–Kier alpha value is -1.89.